The summed E-state index contributed by atoms with van der Waals surface area (Å²) < 4.78 is 5.34. The fraction of sp³-hybridized carbons (Fsp3) is 0.200. The molecular formula is C20H19N5OS. The number of benzene rings is 2. The van der Waals surface area contributed by atoms with Gasteiger partial charge in [0.2, 0.25) is 16.9 Å². The normalized spacial score (nSPS) is 11.0. The van der Waals surface area contributed by atoms with E-state index in [1.54, 1.807) is 11.8 Å². The maximum atomic E-state index is 5.34. The van der Waals surface area contributed by atoms with Crippen LogP contribution in [0.25, 0.3) is 22.8 Å². The van der Waals surface area contributed by atoms with Crippen LogP contribution in [-0.2, 0) is 6.42 Å². The van der Waals surface area contributed by atoms with Gasteiger partial charge in [-0.25, -0.2) is 4.98 Å². The maximum absolute atomic E-state index is 5.34. The van der Waals surface area contributed by atoms with Gasteiger partial charge < -0.3 is 4.52 Å². The van der Waals surface area contributed by atoms with Gasteiger partial charge in [0.25, 0.3) is 0 Å². The maximum Gasteiger partial charge on any atom is 0.226 e. The molecular weight excluding hydrogens is 358 g/mol. The number of hydrogen-bond acceptors (Lipinski definition) is 6. The molecule has 4 rings (SSSR count). The molecule has 0 saturated heterocycles. The fourth-order valence-electron chi connectivity index (χ4n) is 2.60. The quantitative estimate of drug-likeness (QED) is 0.376. The lowest BCUT2D eigenvalue weighted by molar-refractivity contribution is 0.378. The van der Waals surface area contributed by atoms with Crippen LogP contribution in [0.1, 0.15) is 17.9 Å². The van der Waals surface area contributed by atoms with Crippen LogP contribution in [0.3, 0.4) is 0 Å². The monoisotopic (exact) mass is 377 g/mol. The number of H-pyrrole nitrogens is 1. The first kappa shape index (κ1) is 17.5. The molecule has 27 heavy (non-hydrogen) atoms. The fourth-order valence-corrected chi connectivity index (χ4v) is 3.34. The van der Waals surface area contributed by atoms with Crippen molar-refractivity contribution in [1.29, 1.82) is 0 Å². The van der Waals surface area contributed by atoms with Gasteiger partial charge >= 0.3 is 0 Å². The average molecular weight is 377 g/mol. The predicted octanol–water partition coefficient (Wildman–Crippen LogP) is 4.56. The van der Waals surface area contributed by atoms with E-state index < -0.39 is 0 Å². The van der Waals surface area contributed by atoms with E-state index in [2.05, 4.69) is 44.4 Å². The van der Waals surface area contributed by atoms with Crippen molar-refractivity contribution in [2.75, 3.05) is 5.75 Å². The molecule has 0 aliphatic heterocycles. The molecule has 1 N–H and O–H groups in total. The van der Waals surface area contributed by atoms with Crippen molar-refractivity contribution < 1.29 is 4.52 Å². The summed E-state index contributed by atoms with van der Waals surface area (Å²) in [6.07, 6.45) is 1.65. The molecule has 0 saturated carbocycles. The first-order valence-corrected chi connectivity index (χ1v) is 9.77. The van der Waals surface area contributed by atoms with Crippen LogP contribution in [-0.4, -0.2) is 31.1 Å². The van der Waals surface area contributed by atoms with Crippen molar-refractivity contribution in [1.82, 2.24) is 25.3 Å². The van der Waals surface area contributed by atoms with E-state index in [1.165, 1.54) is 5.56 Å². The van der Waals surface area contributed by atoms with E-state index >= 15 is 0 Å². The minimum Gasteiger partial charge on any atom is -0.339 e. The zero-order valence-electron chi connectivity index (χ0n) is 14.9. The van der Waals surface area contributed by atoms with Crippen molar-refractivity contribution in [3.05, 3.63) is 66.1 Å². The summed E-state index contributed by atoms with van der Waals surface area (Å²) in [7, 11) is 0. The number of aromatic nitrogens is 5. The summed E-state index contributed by atoms with van der Waals surface area (Å²) in [4.78, 5) is 8.99. The molecule has 0 radical (unpaired) electrons. The van der Waals surface area contributed by atoms with Crippen LogP contribution in [0.2, 0.25) is 0 Å². The summed E-state index contributed by atoms with van der Waals surface area (Å²) >= 11 is 1.62. The third kappa shape index (κ3) is 4.43. The third-order valence-electron chi connectivity index (χ3n) is 4.06. The SMILES string of the molecule is Cc1ccc(-c2nc(SCCCc3nc(-c4ccccc4)no3)n[nH]2)cc1. The zero-order chi connectivity index (χ0) is 18.5. The number of hydrogen-bond donors (Lipinski definition) is 1. The van der Waals surface area contributed by atoms with Crippen LogP contribution in [0.5, 0.6) is 0 Å². The Morgan fingerprint density at radius 1 is 0.963 bits per heavy atom. The van der Waals surface area contributed by atoms with Gasteiger partial charge in [-0.3, -0.25) is 5.10 Å². The van der Waals surface area contributed by atoms with Crippen LogP contribution in [0, 0.1) is 6.92 Å². The Hall–Kier alpha value is -2.93. The lowest BCUT2D eigenvalue weighted by Gasteiger charge is -1.96. The van der Waals surface area contributed by atoms with Gasteiger partial charge in [0.15, 0.2) is 5.82 Å². The highest BCUT2D eigenvalue weighted by Crippen LogP contribution is 2.21. The third-order valence-corrected chi connectivity index (χ3v) is 4.99. The van der Waals surface area contributed by atoms with E-state index in [1.807, 2.05) is 42.5 Å². The molecule has 136 valence electrons. The van der Waals surface area contributed by atoms with Crippen molar-refractivity contribution in [3.8, 4) is 22.8 Å². The zero-order valence-corrected chi connectivity index (χ0v) is 15.7. The van der Waals surface area contributed by atoms with Crippen LogP contribution in [0.4, 0.5) is 0 Å². The van der Waals surface area contributed by atoms with Crippen LogP contribution >= 0.6 is 11.8 Å². The van der Waals surface area contributed by atoms with Crippen molar-refractivity contribution in [3.63, 3.8) is 0 Å². The minimum absolute atomic E-state index is 0.634. The molecule has 0 unspecified atom stereocenters. The standard InChI is InChI=1S/C20H19N5OS/c1-14-9-11-16(12-10-14)18-22-20(24-23-18)27-13-5-8-17-21-19(25-26-17)15-6-3-2-4-7-15/h2-4,6-7,9-12H,5,8,13H2,1H3,(H,22,23,24). The Kier molecular flexibility index (Phi) is 5.29. The second kappa shape index (κ2) is 8.18. The summed E-state index contributed by atoms with van der Waals surface area (Å²) in [5.41, 5.74) is 3.23. The first-order valence-electron chi connectivity index (χ1n) is 8.78. The number of thioether (sulfide) groups is 1. The molecule has 0 aliphatic carbocycles. The molecule has 2 aromatic carbocycles. The van der Waals surface area contributed by atoms with Crippen LogP contribution in [0.15, 0.2) is 64.3 Å². The topological polar surface area (TPSA) is 80.5 Å². The van der Waals surface area contributed by atoms with Crippen molar-refractivity contribution >= 4 is 11.8 Å². The van der Waals surface area contributed by atoms with E-state index in [0.29, 0.717) is 11.7 Å². The molecule has 0 spiro atoms. The second-order valence-corrected chi connectivity index (χ2v) is 7.22. The molecule has 0 amide bonds. The van der Waals surface area contributed by atoms with Gasteiger partial charge in [-0.15, -0.1) is 5.10 Å². The predicted molar refractivity (Wildman–Crippen MR) is 105 cm³/mol. The summed E-state index contributed by atoms with van der Waals surface area (Å²) in [6.45, 7) is 2.07. The molecule has 0 bridgehead atoms. The van der Waals surface area contributed by atoms with Crippen molar-refractivity contribution in [2.45, 2.75) is 24.9 Å². The molecule has 0 atom stereocenters. The smallest absolute Gasteiger partial charge is 0.226 e. The highest BCUT2D eigenvalue weighted by Gasteiger charge is 2.09. The van der Waals surface area contributed by atoms with Crippen LogP contribution < -0.4 is 0 Å². The van der Waals surface area contributed by atoms with Gasteiger partial charge in [0, 0.05) is 23.3 Å². The first-order chi connectivity index (χ1) is 13.3. The Morgan fingerprint density at radius 2 is 1.78 bits per heavy atom. The molecule has 0 aliphatic rings. The number of rotatable bonds is 7. The molecule has 2 aromatic heterocycles. The number of nitrogens with one attached hydrogen (secondary N) is 1. The van der Waals surface area contributed by atoms with Gasteiger partial charge in [0.1, 0.15) is 0 Å². The van der Waals surface area contributed by atoms with E-state index in [4.69, 9.17) is 4.52 Å². The Bertz CT molecular complexity index is 995. The lowest BCUT2D eigenvalue weighted by atomic mass is 10.1. The number of nitrogens with zero attached hydrogens (tertiary/aromatic N) is 4. The Balaban J connectivity index is 1.27. The summed E-state index contributed by atoms with van der Waals surface area (Å²) in [6, 6.07) is 18.1. The molecule has 6 nitrogen and oxygen atoms in total. The van der Waals surface area contributed by atoms with E-state index in [-0.39, 0.29) is 0 Å². The van der Waals surface area contributed by atoms with Gasteiger partial charge in [-0.1, -0.05) is 77.1 Å². The molecule has 0 fully saturated rings. The van der Waals surface area contributed by atoms with E-state index in [0.717, 1.165) is 40.7 Å². The highest BCUT2D eigenvalue weighted by molar-refractivity contribution is 7.99. The average Bonchev–Trinajstić information content (AvgIpc) is 3.36. The van der Waals surface area contributed by atoms with E-state index in [9.17, 15) is 0 Å². The minimum atomic E-state index is 0.634. The number of aromatic amines is 1. The largest absolute Gasteiger partial charge is 0.339 e. The van der Waals surface area contributed by atoms with Gasteiger partial charge in [-0.2, -0.15) is 4.98 Å². The highest BCUT2D eigenvalue weighted by atomic mass is 32.2. The summed E-state index contributed by atoms with van der Waals surface area (Å²) in [5, 5.41) is 12.1. The molecule has 2 heterocycles. The van der Waals surface area contributed by atoms with Gasteiger partial charge in [0.05, 0.1) is 0 Å². The molecule has 7 heteroatoms. The Labute approximate surface area is 161 Å². The molecule has 4 aromatic rings. The lowest BCUT2D eigenvalue weighted by Crippen LogP contribution is -1.89. The van der Waals surface area contributed by atoms with Gasteiger partial charge in [-0.05, 0) is 13.3 Å². The summed E-state index contributed by atoms with van der Waals surface area (Å²) in [5.74, 6) is 2.97. The Morgan fingerprint density at radius 3 is 2.59 bits per heavy atom. The van der Waals surface area contributed by atoms with Crippen molar-refractivity contribution in [2.24, 2.45) is 0 Å². The number of aryl methyl sites for hydroxylation is 2. The second-order valence-electron chi connectivity index (χ2n) is 6.16.